The summed E-state index contributed by atoms with van der Waals surface area (Å²) in [4.78, 5) is 0. The first-order valence-electron chi connectivity index (χ1n) is 7.07. The molecule has 0 saturated heterocycles. The average Bonchev–Trinajstić information content (AvgIpc) is 2.42. The average molecular weight is 250 g/mol. The van der Waals surface area contributed by atoms with Gasteiger partial charge in [-0.3, -0.25) is 0 Å². The summed E-state index contributed by atoms with van der Waals surface area (Å²) in [6, 6.07) is 8.20. The number of benzene rings is 1. The van der Waals surface area contributed by atoms with Crippen LogP contribution in [0.15, 0.2) is 24.3 Å². The third-order valence-electron chi connectivity index (χ3n) is 3.09. The zero-order chi connectivity index (χ0) is 13.1. The standard InChI is InChI=1S/C16H26O2/c1-3-4-5-6-7-13-18-14-12-15-8-10-16(17-2)11-9-15/h8-11H,3-7,12-14H2,1-2H3. The summed E-state index contributed by atoms with van der Waals surface area (Å²) in [6.07, 6.45) is 7.49. The SMILES string of the molecule is CCCCCCCOCCc1ccc(OC)cc1. The molecule has 0 fully saturated rings. The second-order valence-electron chi connectivity index (χ2n) is 4.62. The van der Waals surface area contributed by atoms with E-state index in [1.807, 2.05) is 12.1 Å². The van der Waals surface area contributed by atoms with Gasteiger partial charge in [-0.15, -0.1) is 0 Å². The molecule has 0 N–H and O–H groups in total. The molecule has 0 aliphatic carbocycles. The van der Waals surface area contributed by atoms with E-state index in [2.05, 4.69) is 19.1 Å². The Bertz CT molecular complexity index is 292. The van der Waals surface area contributed by atoms with Crippen LogP contribution in [0.2, 0.25) is 0 Å². The van der Waals surface area contributed by atoms with E-state index in [1.54, 1.807) is 7.11 Å². The van der Waals surface area contributed by atoms with Crippen molar-refractivity contribution < 1.29 is 9.47 Å². The lowest BCUT2D eigenvalue weighted by atomic mass is 10.1. The molecule has 0 unspecified atom stereocenters. The number of rotatable bonds is 10. The predicted molar refractivity (Wildman–Crippen MR) is 76.3 cm³/mol. The predicted octanol–water partition coefficient (Wildman–Crippen LogP) is 4.22. The minimum atomic E-state index is 0.820. The fourth-order valence-electron chi connectivity index (χ4n) is 1.89. The Hall–Kier alpha value is -1.02. The van der Waals surface area contributed by atoms with Gasteiger partial charge in [0.25, 0.3) is 0 Å². The van der Waals surface area contributed by atoms with E-state index in [9.17, 15) is 0 Å². The van der Waals surface area contributed by atoms with Crippen molar-refractivity contribution in [2.75, 3.05) is 20.3 Å². The van der Waals surface area contributed by atoms with Gasteiger partial charge in [0.1, 0.15) is 5.75 Å². The molecule has 0 aliphatic rings. The first-order valence-corrected chi connectivity index (χ1v) is 7.07. The first kappa shape index (κ1) is 15.0. The monoisotopic (exact) mass is 250 g/mol. The highest BCUT2D eigenvalue weighted by atomic mass is 16.5. The van der Waals surface area contributed by atoms with Crippen LogP contribution in [0.4, 0.5) is 0 Å². The number of ether oxygens (including phenoxy) is 2. The molecule has 0 amide bonds. The van der Waals surface area contributed by atoms with Crippen molar-refractivity contribution in [3.8, 4) is 5.75 Å². The van der Waals surface area contributed by atoms with E-state index in [0.717, 1.165) is 25.4 Å². The van der Waals surface area contributed by atoms with Gasteiger partial charge in [-0.05, 0) is 30.5 Å². The van der Waals surface area contributed by atoms with Crippen molar-refractivity contribution >= 4 is 0 Å². The fraction of sp³-hybridized carbons (Fsp3) is 0.625. The lowest BCUT2D eigenvalue weighted by molar-refractivity contribution is 0.133. The van der Waals surface area contributed by atoms with Gasteiger partial charge in [-0.2, -0.15) is 0 Å². The lowest BCUT2D eigenvalue weighted by Gasteiger charge is -2.05. The molecule has 0 atom stereocenters. The number of hydrogen-bond donors (Lipinski definition) is 0. The molecular formula is C16H26O2. The molecular weight excluding hydrogens is 224 g/mol. The second kappa shape index (κ2) is 9.95. The molecule has 0 aliphatic heterocycles. The number of hydrogen-bond acceptors (Lipinski definition) is 2. The summed E-state index contributed by atoms with van der Waals surface area (Å²) in [5.74, 6) is 0.913. The first-order chi connectivity index (χ1) is 8.86. The number of methoxy groups -OCH3 is 1. The zero-order valence-corrected chi connectivity index (χ0v) is 11.8. The van der Waals surface area contributed by atoms with Gasteiger partial charge in [0.15, 0.2) is 0 Å². The molecule has 102 valence electrons. The maximum absolute atomic E-state index is 5.64. The van der Waals surface area contributed by atoms with Gasteiger partial charge >= 0.3 is 0 Å². The van der Waals surface area contributed by atoms with Crippen molar-refractivity contribution in [2.45, 2.75) is 45.4 Å². The molecule has 1 aromatic carbocycles. The highest BCUT2D eigenvalue weighted by Gasteiger charge is 1.95. The van der Waals surface area contributed by atoms with Gasteiger partial charge in [-0.1, -0.05) is 44.7 Å². The summed E-state index contributed by atoms with van der Waals surface area (Å²) < 4.78 is 10.8. The van der Waals surface area contributed by atoms with E-state index < -0.39 is 0 Å². The van der Waals surface area contributed by atoms with Crippen molar-refractivity contribution in [3.05, 3.63) is 29.8 Å². The van der Waals surface area contributed by atoms with Crippen LogP contribution in [-0.4, -0.2) is 20.3 Å². The molecule has 2 nitrogen and oxygen atoms in total. The summed E-state index contributed by atoms with van der Waals surface area (Å²) in [5.41, 5.74) is 1.31. The summed E-state index contributed by atoms with van der Waals surface area (Å²) >= 11 is 0. The largest absolute Gasteiger partial charge is 0.497 e. The van der Waals surface area contributed by atoms with Crippen molar-refractivity contribution in [2.24, 2.45) is 0 Å². The maximum atomic E-state index is 5.64. The van der Waals surface area contributed by atoms with Gasteiger partial charge in [0, 0.05) is 6.61 Å². The Labute approximate surface area is 111 Å². The van der Waals surface area contributed by atoms with Crippen LogP contribution in [-0.2, 0) is 11.2 Å². The Morgan fingerprint density at radius 3 is 2.28 bits per heavy atom. The van der Waals surface area contributed by atoms with Gasteiger partial charge < -0.3 is 9.47 Å². The van der Waals surface area contributed by atoms with E-state index in [-0.39, 0.29) is 0 Å². The van der Waals surface area contributed by atoms with Crippen molar-refractivity contribution in [1.82, 2.24) is 0 Å². The third-order valence-corrected chi connectivity index (χ3v) is 3.09. The quantitative estimate of drug-likeness (QED) is 0.579. The third kappa shape index (κ3) is 6.65. The van der Waals surface area contributed by atoms with Crippen molar-refractivity contribution in [1.29, 1.82) is 0 Å². The Morgan fingerprint density at radius 2 is 1.61 bits per heavy atom. The van der Waals surface area contributed by atoms with Crippen molar-refractivity contribution in [3.63, 3.8) is 0 Å². The zero-order valence-electron chi connectivity index (χ0n) is 11.8. The molecule has 0 radical (unpaired) electrons. The van der Waals surface area contributed by atoms with E-state index in [0.29, 0.717) is 0 Å². The molecule has 0 spiro atoms. The molecule has 2 heteroatoms. The Kier molecular flexibility index (Phi) is 8.32. The summed E-state index contributed by atoms with van der Waals surface area (Å²) in [6.45, 7) is 3.96. The molecule has 0 heterocycles. The van der Waals surface area contributed by atoms with Crippen LogP contribution in [0.25, 0.3) is 0 Å². The molecule has 0 bridgehead atoms. The highest BCUT2D eigenvalue weighted by Crippen LogP contribution is 2.11. The Balaban J connectivity index is 2.00. The van der Waals surface area contributed by atoms with Crippen LogP contribution in [0, 0.1) is 0 Å². The molecule has 0 aromatic heterocycles. The minimum absolute atomic E-state index is 0.820. The van der Waals surface area contributed by atoms with Crippen LogP contribution >= 0.6 is 0 Å². The van der Waals surface area contributed by atoms with Crippen LogP contribution < -0.4 is 4.74 Å². The van der Waals surface area contributed by atoms with E-state index in [4.69, 9.17) is 9.47 Å². The van der Waals surface area contributed by atoms with Crippen LogP contribution in [0.5, 0.6) is 5.75 Å². The van der Waals surface area contributed by atoms with Crippen LogP contribution in [0.3, 0.4) is 0 Å². The molecule has 18 heavy (non-hydrogen) atoms. The van der Waals surface area contributed by atoms with Gasteiger partial charge in [-0.25, -0.2) is 0 Å². The van der Waals surface area contributed by atoms with Crippen LogP contribution in [0.1, 0.15) is 44.6 Å². The topological polar surface area (TPSA) is 18.5 Å². The van der Waals surface area contributed by atoms with E-state index in [1.165, 1.54) is 37.7 Å². The summed E-state index contributed by atoms with van der Waals surface area (Å²) in [7, 11) is 1.69. The minimum Gasteiger partial charge on any atom is -0.497 e. The highest BCUT2D eigenvalue weighted by molar-refractivity contribution is 5.27. The maximum Gasteiger partial charge on any atom is 0.118 e. The normalized spacial score (nSPS) is 10.6. The lowest BCUT2D eigenvalue weighted by Crippen LogP contribution is -2.00. The molecule has 1 rings (SSSR count). The fourth-order valence-corrected chi connectivity index (χ4v) is 1.89. The Morgan fingerprint density at radius 1 is 0.889 bits per heavy atom. The van der Waals surface area contributed by atoms with Gasteiger partial charge in [0.05, 0.1) is 13.7 Å². The summed E-state index contributed by atoms with van der Waals surface area (Å²) in [5, 5.41) is 0. The number of unbranched alkanes of at least 4 members (excludes halogenated alkanes) is 4. The second-order valence-corrected chi connectivity index (χ2v) is 4.62. The molecule has 0 saturated carbocycles. The van der Waals surface area contributed by atoms with E-state index >= 15 is 0 Å². The van der Waals surface area contributed by atoms with Gasteiger partial charge in [0.2, 0.25) is 0 Å². The molecule has 1 aromatic rings. The smallest absolute Gasteiger partial charge is 0.118 e.